The maximum atomic E-state index is 15.7. The number of terminal acetylenes is 1. The zero-order valence-corrected chi connectivity index (χ0v) is 19.7. The summed E-state index contributed by atoms with van der Waals surface area (Å²) in [6, 6.07) is 0.0461. The van der Waals surface area contributed by atoms with Crippen LogP contribution in [0.3, 0.4) is 0 Å². The Hall–Kier alpha value is -3.15. The molecule has 3 rings (SSSR count). The average molecular weight is 470 g/mol. The van der Waals surface area contributed by atoms with Crippen molar-refractivity contribution in [3.63, 3.8) is 0 Å². The number of halogens is 1. The molecule has 7 nitrogen and oxygen atoms in total. The summed E-state index contributed by atoms with van der Waals surface area (Å²) in [6.45, 7) is 5.45. The van der Waals surface area contributed by atoms with E-state index in [4.69, 9.17) is 11.2 Å². The summed E-state index contributed by atoms with van der Waals surface area (Å²) in [5.41, 5.74) is 1.75. The molecule has 2 aliphatic heterocycles. The third-order valence-electron chi connectivity index (χ3n) is 6.23. The number of nitrogens with zero attached hydrogens (tertiary/aromatic N) is 2. The van der Waals surface area contributed by atoms with Crippen molar-refractivity contribution >= 4 is 12.0 Å². The summed E-state index contributed by atoms with van der Waals surface area (Å²) in [5.74, 6) is 1.83. The Morgan fingerprint density at radius 2 is 2.24 bits per heavy atom. The number of allylic oxidation sites excluding steroid dienone is 8. The Labute approximate surface area is 200 Å². The van der Waals surface area contributed by atoms with Crippen molar-refractivity contribution < 1.29 is 23.8 Å². The van der Waals surface area contributed by atoms with E-state index in [1.807, 2.05) is 6.08 Å². The number of cyclic esters (lactones) is 1. The number of ether oxygens (including phenoxy) is 1. The molecule has 2 atom stereocenters. The molecule has 0 spiro atoms. The van der Waals surface area contributed by atoms with Crippen molar-refractivity contribution in [2.24, 2.45) is 0 Å². The highest BCUT2D eigenvalue weighted by Gasteiger charge is 2.34. The molecule has 2 heterocycles. The van der Waals surface area contributed by atoms with Crippen LogP contribution in [0.15, 0.2) is 58.6 Å². The van der Waals surface area contributed by atoms with Crippen molar-refractivity contribution in [1.82, 2.24) is 15.1 Å². The molecule has 1 unspecified atom stereocenters. The predicted molar refractivity (Wildman–Crippen MR) is 128 cm³/mol. The molecule has 1 aliphatic carbocycles. The minimum Gasteiger partial charge on any atom is -0.442 e. The number of nitrogens with one attached hydrogen (secondary N) is 1. The number of carbonyl (C=O) groups excluding carboxylic acids is 2. The number of likely N-dealkylation sites (tertiary alicyclic amines) is 1. The molecule has 34 heavy (non-hydrogen) atoms. The Morgan fingerprint density at radius 3 is 2.85 bits per heavy atom. The maximum Gasteiger partial charge on any atom is 0.414 e. The quantitative estimate of drug-likeness (QED) is 0.401. The third kappa shape index (κ3) is 6.04. The molecule has 0 saturated carbocycles. The summed E-state index contributed by atoms with van der Waals surface area (Å²) < 4.78 is 21.0. The van der Waals surface area contributed by atoms with E-state index < -0.39 is 18.0 Å². The molecule has 8 heteroatoms. The molecular weight excluding hydrogens is 437 g/mol. The van der Waals surface area contributed by atoms with E-state index in [9.17, 15) is 14.7 Å². The van der Waals surface area contributed by atoms with E-state index in [0.717, 1.165) is 19.5 Å². The van der Waals surface area contributed by atoms with Gasteiger partial charge in [-0.3, -0.25) is 14.6 Å². The zero-order chi connectivity index (χ0) is 24.7. The van der Waals surface area contributed by atoms with Crippen LogP contribution in [0.1, 0.15) is 33.1 Å². The Balaban J connectivity index is 1.80. The van der Waals surface area contributed by atoms with Crippen LogP contribution in [0.2, 0.25) is 0 Å². The smallest absolute Gasteiger partial charge is 0.414 e. The van der Waals surface area contributed by atoms with Crippen LogP contribution < -0.4 is 5.32 Å². The molecule has 3 aliphatic rings. The number of rotatable bonds is 9. The molecule has 0 aromatic carbocycles. The largest absolute Gasteiger partial charge is 0.442 e. The minimum atomic E-state index is -0.578. The highest BCUT2D eigenvalue weighted by molar-refractivity contribution is 5.75. The molecule has 0 aromatic rings. The third-order valence-corrected chi connectivity index (χ3v) is 6.23. The molecule has 0 aromatic heterocycles. The van der Waals surface area contributed by atoms with Crippen LogP contribution in [0.25, 0.3) is 0 Å². The Morgan fingerprint density at radius 1 is 1.47 bits per heavy atom. The number of hydrogen-bond acceptors (Lipinski definition) is 5. The van der Waals surface area contributed by atoms with Gasteiger partial charge in [-0.2, -0.15) is 0 Å². The van der Waals surface area contributed by atoms with E-state index in [2.05, 4.69) is 16.1 Å². The van der Waals surface area contributed by atoms with Crippen LogP contribution in [-0.4, -0.2) is 71.8 Å². The van der Waals surface area contributed by atoms with E-state index in [1.54, 1.807) is 25.2 Å². The van der Waals surface area contributed by atoms with Gasteiger partial charge in [-0.1, -0.05) is 24.1 Å². The second-order valence-electron chi connectivity index (χ2n) is 8.59. The molecule has 2 saturated heterocycles. The van der Waals surface area contributed by atoms with E-state index in [-0.39, 0.29) is 31.6 Å². The summed E-state index contributed by atoms with van der Waals surface area (Å²) in [4.78, 5) is 27.2. The summed E-state index contributed by atoms with van der Waals surface area (Å²) in [6.07, 6.45) is 15.3. The van der Waals surface area contributed by atoms with Gasteiger partial charge in [-0.05, 0) is 62.6 Å². The topological polar surface area (TPSA) is 82.1 Å². The van der Waals surface area contributed by atoms with Crippen molar-refractivity contribution in [3.8, 4) is 12.3 Å². The Kier molecular flexibility index (Phi) is 8.85. The normalized spacial score (nSPS) is 22.6. The molecule has 2 amide bonds. The fourth-order valence-electron chi connectivity index (χ4n) is 4.18. The number of aliphatic hydroxyl groups is 1. The summed E-state index contributed by atoms with van der Waals surface area (Å²) in [5, 5.41) is 12.3. The predicted octanol–water partition coefficient (Wildman–Crippen LogP) is 2.97. The van der Waals surface area contributed by atoms with Gasteiger partial charge in [0.1, 0.15) is 11.9 Å². The van der Waals surface area contributed by atoms with E-state index in [1.165, 1.54) is 17.9 Å². The summed E-state index contributed by atoms with van der Waals surface area (Å²) >= 11 is 0. The second-order valence-corrected chi connectivity index (χ2v) is 8.59. The van der Waals surface area contributed by atoms with Gasteiger partial charge in [0.25, 0.3) is 0 Å². The van der Waals surface area contributed by atoms with Crippen LogP contribution >= 0.6 is 0 Å². The SMILES string of the molecule is C#C/C=C(\C=C/C[C@H](CO)N1CCC1)C1=C(F)C(C)=C(N2CC(CNC(C)=O)OC2=O)C=CC1. The molecule has 0 bridgehead atoms. The highest BCUT2D eigenvalue weighted by atomic mass is 19.1. The lowest BCUT2D eigenvalue weighted by molar-refractivity contribution is -0.119. The molecule has 0 radical (unpaired) electrons. The number of aliphatic hydroxyl groups excluding tert-OH is 1. The van der Waals surface area contributed by atoms with Gasteiger partial charge in [0, 0.05) is 18.5 Å². The van der Waals surface area contributed by atoms with Gasteiger partial charge in [0.05, 0.1) is 25.4 Å². The van der Waals surface area contributed by atoms with Crippen molar-refractivity contribution in [3.05, 3.63) is 58.6 Å². The van der Waals surface area contributed by atoms with Gasteiger partial charge in [0.2, 0.25) is 5.91 Å². The lowest BCUT2D eigenvalue weighted by Gasteiger charge is -2.37. The first kappa shape index (κ1) is 25.5. The van der Waals surface area contributed by atoms with Gasteiger partial charge >= 0.3 is 6.09 Å². The highest BCUT2D eigenvalue weighted by Crippen LogP contribution is 2.33. The Bertz CT molecular complexity index is 998. The average Bonchev–Trinajstić information content (AvgIpc) is 3.07. The zero-order valence-electron chi connectivity index (χ0n) is 19.7. The maximum absolute atomic E-state index is 15.7. The van der Waals surface area contributed by atoms with E-state index in [0.29, 0.717) is 35.3 Å². The molecular formula is C26H32FN3O4. The lowest BCUT2D eigenvalue weighted by atomic mass is 9.98. The standard InChI is InChI=1S/C26H32FN3O4/c1-4-8-20(9-5-10-21(17-31)29-13-7-14-29)23-11-6-12-24(18(2)25(23)27)30-16-22(34-26(30)33)15-28-19(3)32/h1,5-6,8-9,12,21-22,31H,7,10-11,13-17H2,2-3H3,(H,28,32)/b9-5-,20-8+/t21-,22?/m1/s1. The fraction of sp³-hybridized carbons (Fsp3) is 0.462. The van der Waals surface area contributed by atoms with Crippen molar-refractivity contribution in [2.75, 3.05) is 32.8 Å². The molecule has 2 fully saturated rings. The van der Waals surface area contributed by atoms with Crippen LogP contribution in [0.5, 0.6) is 0 Å². The second kappa shape index (κ2) is 11.8. The van der Waals surface area contributed by atoms with Crippen LogP contribution in [0, 0.1) is 12.3 Å². The first-order valence-electron chi connectivity index (χ1n) is 11.5. The van der Waals surface area contributed by atoms with Crippen LogP contribution in [-0.2, 0) is 9.53 Å². The number of amides is 2. The molecule has 182 valence electrons. The van der Waals surface area contributed by atoms with Crippen molar-refractivity contribution in [2.45, 2.75) is 45.3 Å². The number of hydrogen-bond donors (Lipinski definition) is 2. The lowest BCUT2D eigenvalue weighted by Crippen LogP contribution is -2.46. The first-order chi connectivity index (χ1) is 16.3. The van der Waals surface area contributed by atoms with E-state index >= 15 is 4.39 Å². The molecule has 2 N–H and O–H groups in total. The monoisotopic (exact) mass is 469 g/mol. The van der Waals surface area contributed by atoms with Gasteiger partial charge in [-0.25, -0.2) is 9.18 Å². The van der Waals surface area contributed by atoms with Gasteiger partial charge in [-0.15, -0.1) is 6.42 Å². The summed E-state index contributed by atoms with van der Waals surface area (Å²) in [7, 11) is 0. The van der Waals surface area contributed by atoms with Crippen LogP contribution in [0.4, 0.5) is 9.18 Å². The minimum absolute atomic E-state index is 0.0461. The van der Waals surface area contributed by atoms with Gasteiger partial charge in [0.15, 0.2) is 0 Å². The van der Waals surface area contributed by atoms with Gasteiger partial charge < -0.3 is 15.2 Å². The van der Waals surface area contributed by atoms with Crippen molar-refractivity contribution in [1.29, 1.82) is 0 Å². The fourth-order valence-corrected chi connectivity index (χ4v) is 4.18. The number of carbonyl (C=O) groups is 2. The first-order valence-corrected chi connectivity index (χ1v) is 11.5.